The van der Waals surface area contributed by atoms with Gasteiger partial charge >= 0.3 is 0 Å². The molecular weight excluding hydrogens is 257 g/mol. The number of aryl methyl sites for hydroxylation is 2. The zero-order valence-electron chi connectivity index (χ0n) is 11.4. The predicted molar refractivity (Wildman–Crippen MR) is 74.8 cm³/mol. The summed E-state index contributed by atoms with van der Waals surface area (Å²) in [5, 5.41) is 5.10. The molecule has 0 amide bonds. The third-order valence-electron chi connectivity index (χ3n) is 3.41. The van der Waals surface area contributed by atoms with Crippen LogP contribution in [-0.4, -0.2) is 9.78 Å². The Morgan fingerprint density at radius 2 is 2.20 bits per heavy atom. The van der Waals surface area contributed by atoms with Gasteiger partial charge < -0.3 is 10.2 Å². The van der Waals surface area contributed by atoms with Crippen molar-refractivity contribution in [1.29, 1.82) is 0 Å². The van der Waals surface area contributed by atoms with Crippen molar-refractivity contribution in [3.05, 3.63) is 53.3 Å². The summed E-state index contributed by atoms with van der Waals surface area (Å²) in [5.74, 6) is 0.336. The molecule has 5 heteroatoms. The number of nitrogens with zero attached hydrogens (tertiary/aromatic N) is 2. The smallest absolute Gasteiger partial charge is 0.134 e. The van der Waals surface area contributed by atoms with E-state index in [9.17, 15) is 4.39 Å². The number of rotatable bonds is 3. The van der Waals surface area contributed by atoms with E-state index >= 15 is 0 Å². The number of aromatic nitrogens is 2. The van der Waals surface area contributed by atoms with Crippen LogP contribution in [-0.2, 0) is 13.5 Å². The Morgan fingerprint density at radius 1 is 1.40 bits per heavy atom. The highest BCUT2D eigenvalue weighted by atomic mass is 19.1. The van der Waals surface area contributed by atoms with Crippen molar-refractivity contribution in [2.75, 3.05) is 0 Å². The molecule has 1 aromatic carbocycles. The average molecular weight is 273 g/mol. The van der Waals surface area contributed by atoms with Gasteiger partial charge in [0.1, 0.15) is 17.2 Å². The Balaban J connectivity index is 2.05. The summed E-state index contributed by atoms with van der Waals surface area (Å²) in [4.78, 5) is 0. The van der Waals surface area contributed by atoms with Gasteiger partial charge in [0.15, 0.2) is 0 Å². The predicted octanol–water partition coefficient (Wildman–Crippen LogP) is 2.92. The van der Waals surface area contributed by atoms with E-state index in [-0.39, 0.29) is 5.82 Å². The van der Waals surface area contributed by atoms with E-state index in [2.05, 4.69) is 5.10 Å². The van der Waals surface area contributed by atoms with Crippen molar-refractivity contribution in [3.8, 4) is 0 Å². The average Bonchev–Trinajstić information content (AvgIpc) is 3.00. The SMILES string of the molecule is CCc1nn(C)cc1C(N)c1cc2cc(F)ccc2o1. The van der Waals surface area contributed by atoms with Crippen molar-refractivity contribution in [3.63, 3.8) is 0 Å². The molecule has 20 heavy (non-hydrogen) atoms. The van der Waals surface area contributed by atoms with Crippen LogP contribution in [0.3, 0.4) is 0 Å². The molecule has 1 unspecified atom stereocenters. The lowest BCUT2D eigenvalue weighted by molar-refractivity contribution is 0.523. The van der Waals surface area contributed by atoms with Crippen LogP contribution >= 0.6 is 0 Å². The van der Waals surface area contributed by atoms with Crippen molar-refractivity contribution in [2.24, 2.45) is 12.8 Å². The van der Waals surface area contributed by atoms with Crippen LogP contribution in [0.2, 0.25) is 0 Å². The molecule has 104 valence electrons. The highest BCUT2D eigenvalue weighted by Crippen LogP contribution is 2.28. The fourth-order valence-corrected chi connectivity index (χ4v) is 2.43. The molecule has 0 saturated heterocycles. The van der Waals surface area contributed by atoms with Crippen LogP contribution in [0, 0.1) is 5.82 Å². The highest BCUT2D eigenvalue weighted by Gasteiger charge is 2.19. The molecule has 2 aromatic heterocycles. The molecule has 0 radical (unpaired) electrons. The zero-order valence-corrected chi connectivity index (χ0v) is 11.4. The summed E-state index contributed by atoms with van der Waals surface area (Å²) >= 11 is 0. The molecule has 0 spiro atoms. The van der Waals surface area contributed by atoms with Gasteiger partial charge in [0.05, 0.1) is 11.7 Å². The lowest BCUT2D eigenvalue weighted by Gasteiger charge is -2.07. The molecular formula is C15H16FN3O. The second-order valence-electron chi connectivity index (χ2n) is 4.87. The first-order valence-corrected chi connectivity index (χ1v) is 6.55. The standard InChI is InChI=1S/C15H16FN3O/c1-3-12-11(8-19(2)18-12)15(17)14-7-9-6-10(16)4-5-13(9)20-14/h4-8,15H,3,17H2,1-2H3. The van der Waals surface area contributed by atoms with Crippen LogP contribution in [0.1, 0.15) is 30.0 Å². The number of fused-ring (bicyclic) bond motifs is 1. The topological polar surface area (TPSA) is 57.0 Å². The summed E-state index contributed by atoms with van der Waals surface area (Å²) in [5.41, 5.74) is 8.79. The summed E-state index contributed by atoms with van der Waals surface area (Å²) in [6, 6.07) is 5.83. The lowest BCUT2D eigenvalue weighted by Crippen LogP contribution is -2.12. The van der Waals surface area contributed by atoms with E-state index in [0.717, 1.165) is 23.1 Å². The number of hydrogen-bond donors (Lipinski definition) is 1. The lowest BCUT2D eigenvalue weighted by atomic mass is 10.0. The van der Waals surface area contributed by atoms with Crippen LogP contribution in [0.25, 0.3) is 11.0 Å². The van der Waals surface area contributed by atoms with E-state index in [1.165, 1.54) is 12.1 Å². The molecule has 0 saturated carbocycles. The Labute approximate surface area is 116 Å². The van der Waals surface area contributed by atoms with Gasteiger partial charge in [-0.3, -0.25) is 4.68 Å². The van der Waals surface area contributed by atoms with E-state index in [4.69, 9.17) is 10.2 Å². The fraction of sp³-hybridized carbons (Fsp3) is 0.267. The van der Waals surface area contributed by atoms with Crippen molar-refractivity contribution in [1.82, 2.24) is 9.78 Å². The minimum atomic E-state index is -0.394. The van der Waals surface area contributed by atoms with Gasteiger partial charge in [-0.1, -0.05) is 6.92 Å². The van der Waals surface area contributed by atoms with Crippen LogP contribution < -0.4 is 5.73 Å². The summed E-state index contributed by atoms with van der Waals surface area (Å²) in [6.07, 6.45) is 2.70. The van der Waals surface area contributed by atoms with Crippen LogP contribution in [0.15, 0.2) is 34.9 Å². The second-order valence-corrected chi connectivity index (χ2v) is 4.87. The van der Waals surface area contributed by atoms with Crippen LogP contribution in [0.4, 0.5) is 4.39 Å². The fourth-order valence-electron chi connectivity index (χ4n) is 2.43. The molecule has 0 aliphatic rings. The maximum atomic E-state index is 13.2. The molecule has 4 nitrogen and oxygen atoms in total. The highest BCUT2D eigenvalue weighted by molar-refractivity contribution is 5.78. The number of halogens is 1. The quantitative estimate of drug-likeness (QED) is 0.798. The Kier molecular flexibility index (Phi) is 3.06. The minimum absolute atomic E-state index is 0.283. The zero-order chi connectivity index (χ0) is 14.3. The van der Waals surface area contributed by atoms with Gasteiger partial charge in [0.25, 0.3) is 0 Å². The van der Waals surface area contributed by atoms with E-state index < -0.39 is 6.04 Å². The van der Waals surface area contributed by atoms with Gasteiger partial charge in [0, 0.05) is 24.2 Å². The first kappa shape index (κ1) is 12.9. The monoisotopic (exact) mass is 273 g/mol. The molecule has 3 rings (SSSR count). The van der Waals surface area contributed by atoms with Crippen molar-refractivity contribution >= 4 is 11.0 Å². The summed E-state index contributed by atoms with van der Waals surface area (Å²) in [6.45, 7) is 2.03. The van der Waals surface area contributed by atoms with Gasteiger partial charge in [-0.25, -0.2) is 4.39 Å². The number of hydrogen-bond acceptors (Lipinski definition) is 3. The summed E-state index contributed by atoms with van der Waals surface area (Å²) in [7, 11) is 1.86. The third kappa shape index (κ3) is 2.10. The van der Waals surface area contributed by atoms with E-state index in [1.54, 1.807) is 16.8 Å². The first-order chi connectivity index (χ1) is 9.58. The molecule has 0 fully saturated rings. The number of benzene rings is 1. The van der Waals surface area contributed by atoms with Gasteiger partial charge in [0.2, 0.25) is 0 Å². The Hall–Kier alpha value is -2.14. The van der Waals surface area contributed by atoms with Crippen molar-refractivity contribution in [2.45, 2.75) is 19.4 Å². The Bertz CT molecular complexity index is 760. The molecule has 1 atom stereocenters. The molecule has 0 aliphatic carbocycles. The molecule has 3 aromatic rings. The van der Waals surface area contributed by atoms with Gasteiger partial charge in [-0.2, -0.15) is 5.10 Å². The molecule has 2 heterocycles. The molecule has 2 N–H and O–H groups in total. The van der Waals surface area contributed by atoms with E-state index in [0.29, 0.717) is 11.3 Å². The molecule has 0 aliphatic heterocycles. The van der Waals surface area contributed by atoms with Gasteiger partial charge in [-0.15, -0.1) is 0 Å². The second kappa shape index (κ2) is 4.76. The van der Waals surface area contributed by atoms with Crippen molar-refractivity contribution < 1.29 is 8.81 Å². The first-order valence-electron chi connectivity index (χ1n) is 6.55. The largest absolute Gasteiger partial charge is 0.459 e. The van der Waals surface area contributed by atoms with E-state index in [1.807, 2.05) is 20.2 Å². The van der Waals surface area contributed by atoms with Gasteiger partial charge in [-0.05, 0) is 30.7 Å². The summed E-state index contributed by atoms with van der Waals surface area (Å²) < 4.78 is 20.7. The maximum Gasteiger partial charge on any atom is 0.134 e. The number of furan rings is 1. The maximum absolute atomic E-state index is 13.2. The molecule has 0 bridgehead atoms. The minimum Gasteiger partial charge on any atom is -0.459 e. The van der Waals surface area contributed by atoms with Crippen LogP contribution in [0.5, 0.6) is 0 Å². The normalized spacial score (nSPS) is 13.0. The Morgan fingerprint density at radius 3 is 2.95 bits per heavy atom. The number of nitrogens with two attached hydrogens (primary N) is 1. The third-order valence-corrected chi connectivity index (χ3v) is 3.41.